The molecule has 1 saturated heterocycles. The maximum atomic E-state index is 12.5. The van der Waals surface area contributed by atoms with E-state index < -0.39 is 0 Å². The SMILES string of the molecule is CCN(C(=O)CN1CCCC1CO)C1=CCCCC1. The Balaban J connectivity index is 1.95. The molecule has 1 fully saturated rings. The molecule has 2 rings (SSSR count). The zero-order valence-electron chi connectivity index (χ0n) is 12.0. The number of likely N-dealkylation sites (tertiary alicyclic amines) is 1. The van der Waals surface area contributed by atoms with E-state index >= 15 is 0 Å². The Morgan fingerprint density at radius 2 is 2.32 bits per heavy atom. The molecule has 19 heavy (non-hydrogen) atoms. The number of carbonyl (C=O) groups excluding carboxylic acids is 1. The van der Waals surface area contributed by atoms with Crippen molar-refractivity contribution in [1.82, 2.24) is 9.80 Å². The number of hydrogen-bond donors (Lipinski definition) is 1. The highest BCUT2D eigenvalue weighted by molar-refractivity contribution is 5.80. The second kappa shape index (κ2) is 7.06. The number of hydrogen-bond acceptors (Lipinski definition) is 3. The summed E-state index contributed by atoms with van der Waals surface area (Å²) >= 11 is 0. The molecule has 1 amide bonds. The van der Waals surface area contributed by atoms with E-state index in [-0.39, 0.29) is 18.6 Å². The number of aliphatic hydroxyl groups is 1. The highest BCUT2D eigenvalue weighted by Crippen LogP contribution is 2.22. The van der Waals surface area contributed by atoms with E-state index in [9.17, 15) is 9.90 Å². The minimum Gasteiger partial charge on any atom is -0.395 e. The minimum atomic E-state index is 0.169. The monoisotopic (exact) mass is 266 g/mol. The summed E-state index contributed by atoms with van der Waals surface area (Å²) in [4.78, 5) is 16.5. The van der Waals surface area contributed by atoms with Gasteiger partial charge in [-0.15, -0.1) is 0 Å². The highest BCUT2D eigenvalue weighted by Gasteiger charge is 2.27. The van der Waals surface area contributed by atoms with Crippen LogP contribution in [0.4, 0.5) is 0 Å². The Morgan fingerprint density at radius 1 is 1.47 bits per heavy atom. The molecule has 4 nitrogen and oxygen atoms in total. The van der Waals surface area contributed by atoms with Gasteiger partial charge in [0.05, 0.1) is 13.2 Å². The summed E-state index contributed by atoms with van der Waals surface area (Å²) in [5.74, 6) is 0.191. The molecule has 108 valence electrons. The molecule has 0 bridgehead atoms. The van der Waals surface area contributed by atoms with Crippen LogP contribution in [0.3, 0.4) is 0 Å². The van der Waals surface area contributed by atoms with E-state index in [1.807, 2.05) is 11.8 Å². The van der Waals surface area contributed by atoms with Gasteiger partial charge in [0, 0.05) is 18.3 Å². The number of likely N-dealkylation sites (N-methyl/N-ethyl adjacent to an activating group) is 1. The molecule has 0 aromatic rings. The van der Waals surface area contributed by atoms with Crippen molar-refractivity contribution < 1.29 is 9.90 Å². The number of carbonyl (C=O) groups is 1. The third-order valence-corrected chi connectivity index (χ3v) is 4.28. The zero-order chi connectivity index (χ0) is 13.7. The lowest BCUT2D eigenvalue weighted by Gasteiger charge is -2.30. The molecule has 1 atom stereocenters. The van der Waals surface area contributed by atoms with Gasteiger partial charge in [0.15, 0.2) is 0 Å². The number of rotatable bonds is 5. The van der Waals surface area contributed by atoms with Crippen LogP contribution in [0.1, 0.15) is 45.4 Å². The van der Waals surface area contributed by atoms with Gasteiger partial charge in [0.2, 0.25) is 5.91 Å². The Bertz CT molecular complexity index is 341. The standard InChI is InChI=1S/C15H26N2O2/c1-2-17(13-7-4-3-5-8-13)15(19)11-16-10-6-9-14(16)12-18/h7,14,18H,2-6,8-12H2,1H3. The molecule has 1 unspecified atom stereocenters. The van der Waals surface area contributed by atoms with Crippen molar-refractivity contribution >= 4 is 5.91 Å². The van der Waals surface area contributed by atoms with Crippen LogP contribution in [0.5, 0.6) is 0 Å². The molecular weight excluding hydrogens is 240 g/mol. The largest absolute Gasteiger partial charge is 0.395 e. The third kappa shape index (κ3) is 3.57. The summed E-state index contributed by atoms with van der Waals surface area (Å²) in [6.45, 7) is 4.36. The van der Waals surface area contributed by atoms with E-state index in [2.05, 4.69) is 11.0 Å². The van der Waals surface area contributed by atoms with Crippen molar-refractivity contribution in [2.45, 2.75) is 51.5 Å². The number of nitrogens with zero attached hydrogens (tertiary/aromatic N) is 2. The molecule has 0 saturated carbocycles. The van der Waals surface area contributed by atoms with Crippen LogP contribution in [0, 0.1) is 0 Å². The van der Waals surface area contributed by atoms with Crippen molar-refractivity contribution in [2.75, 3.05) is 26.2 Å². The first-order valence-electron chi connectivity index (χ1n) is 7.60. The normalized spacial score (nSPS) is 24.3. The van der Waals surface area contributed by atoms with E-state index in [1.54, 1.807) is 0 Å². The van der Waals surface area contributed by atoms with Gasteiger partial charge in [0.1, 0.15) is 0 Å². The van der Waals surface area contributed by atoms with Gasteiger partial charge in [0.25, 0.3) is 0 Å². The highest BCUT2D eigenvalue weighted by atomic mass is 16.3. The zero-order valence-corrected chi connectivity index (χ0v) is 12.0. The van der Waals surface area contributed by atoms with Crippen LogP contribution in [0.2, 0.25) is 0 Å². The topological polar surface area (TPSA) is 43.8 Å². The van der Waals surface area contributed by atoms with Gasteiger partial charge < -0.3 is 10.0 Å². The Morgan fingerprint density at radius 3 is 2.95 bits per heavy atom. The quantitative estimate of drug-likeness (QED) is 0.824. The van der Waals surface area contributed by atoms with Gasteiger partial charge >= 0.3 is 0 Å². The van der Waals surface area contributed by atoms with Crippen molar-refractivity contribution in [3.63, 3.8) is 0 Å². The lowest BCUT2D eigenvalue weighted by atomic mass is 10.0. The van der Waals surface area contributed by atoms with Crippen LogP contribution >= 0.6 is 0 Å². The average Bonchev–Trinajstić information content (AvgIpc) is 2.88. The van der Waals surface area contributed by atoms with Crippen LogP contribution in [-0.4, -0.2) is 53.1 Å². The fraction of sp³-hybridized carbons (Fsp3) is 0.800. The summed E-state index contributed by atoms with van der Waals surface area (Å²) in [7, 11) is 0. The van der Waals surface area contributed by atoms with Gasteiger partial charge in [-0.25, -0.2) is 0 Å². The van der Waals surface area contributed by atoms with Gasteiger partial charge in [-0.2, -0.15) is 0 Å². The smallest absolute Gasteiger partial charge is 0.240 e. The van der Waals surface area contributed by atoms with Crippen molar-refractivity contribution in [2.24, 2.45) is 0 Å². The van der Waals surface area contributed by atoms with Crippen molar-refractivity contribution in [1.29, 1.82) is 0 Å². The first-order valence-corrected chi connectivity index (χ1v) is 7.60. The molecule has 0 spiro atoms. The number of amides is 1. The predicted molar refractivity (Wildman–Crippen MR) is 75.6 cm³/mol. The van der Waals surface area contributed by atoms with E-state index in [0.717, 1.165) is 38.8 Å². The van der Waals surface area contributed by atoms with E-state index in [1.165, 1.54) is 18.5 Å². The summed E-state index contributed by atoms with van der Waals surface area (Å²) in [6.07, 6.45) is 8.89. The van der Waals surface area contributed by atoms with Crippen LogP contribution in [-0.2, 0) is 4.79 Å². The van der Waals surface area contributed by atoms with Crippen LogP contribution in [0.25, 0.3) is 0 Å². The summed E-state index contributed by atoms with van der Waals surface area (Å²) in [5, 5.41) is 9.32. The van der Waals surface area contributed by atoms with Gasteiger partial charge in [-0.05, 0) is 52.0 Å². The molecular formula is C15H26N2O2. The first-order chi connectivity index (χ1) is 9.26. The molecule has 0 aromatic heterocycles. The van der Waals surface area contributed by atoms with E-state index in [4.69, 9.17) is 0 Å². The van der Waals surface area contributed by atoms with Gasteiger partial charge in [-0.1, -0.05) is 6.08 Å². The molecule has 4 heteroatoms. The van der Waals surface area contributed by atoms with Crippen LogP contribution < -0.4 is 0 Å². The maximum Gasteiger partial charge on any atom is 0.240 e. The summed E-state index contributed by atoms with van der Waals surface area (Å²) in [5.41, 5.74) is 1.21. The Kier molecular flexibility index (Phi) is 5.40. The molecule has 1 N–H and O–H groups in total. The third-order valence-electron chi connectivity index (χ3n) is 4.28. The van der Waals surface area contributed by atoms with Crippen molar-refractivity contribution in [3.8, 4) is 0 Å². The Hall–Kier alpha value is -0.870. The van der Waals surface area contributed by atoms with Crippen molar-refractivity contribution in [3.05, 3.63) is 11.8 Å². The fourth-order valence-corrected chi connectivity index (χ4v) is 3.18. The first kappa shape index (κ1) is 14.5. The molecule has 1 heterocycles. The number of allylic oxidation sites excluding steroid dienone is 2. The van der Waals surface area contributed by atoms with E-state index in [0.29, 0.717) is 6.54 Å². The molecule has 0 radical (unpaired) electrons. The summed E-state index contributed by atoms with van der Waals surface area (Å²) in [6, 6.07) is 0.183. The second-order valence-corrected chi connectivity index (χ2v) is 5.53. The predicted octanol–water partition coefficient (Wildman–Crippen LogP) is 1.75. The number of aliphatic hydroxyl groups excluding tert-OH is 1. The van der Waals surface area contributed by atoms with Crippen LogP contribution in [0.15, 0.2) is 11.8 Å². The van der Waals surface area contributed by atoms with Gasteiger partial charge in [-0.3, -0.25) is 9.69 Å². The lowest BCUT2D eigenvalue weighted by molar-refractivity contribution is -0.130. The fourth-order valence-electron chi connectivity index (χ4n) is 3.18. The summed E-state index contributed by atoms with van der Waals surface area (Å²) < 4.78 is 0. The molecule has 1 aliphatic heterocycles. The molecule has 1 aliphatic carbocycles. The lowest BCUT2D eigenvalue weighted by Crippen LogP contribution is -2.43. The molecule has 0 aromatic carbocycles. The average molecular weight is 266 g/mol. The minimum absolute atomic E-state index is 0.169. The maximum absolute atomic E-state index is 12.5. The second-order valence-electron chi connectivity index (χ2n) is 5.53. The molecule has 2 aliphatic rings. The Labute approximate surface area is 116 Å².